The summed E-state index contributed by atoms with van der Waals surface area (Å²) in [5, 5.41) is 5.05. The van der Waals surface area contributed by atoms with Crippen LogP contribution in [-0.4, -0.2) is 23.0 Å². The lowest BCUT2D eigenvalue weighted by Crippen LogP contribution is -2.16. The van der Waals surface area contributed by atoms with Gasteiger partial charge in [-0.2, -0.15) is 0 Å². The number of halogens is 3. The van der Waals surface area contributed by atoms with E-state index in [0.717, 1.165) is 6.07 Å². The topological polar surface area (TPSA) is 76.1 Å². The molecule has 0 saturated carbocycles. The lowest BCUT2D eigenvalue weighted by molar-refractivity contribution is 0.102. The van der Waals surface area contributed by atoms with Gasteiger partial charge in [0.2, 0.25) is 5.95 Å². The molecule has 0 aliphatic rings. The van der Waals surface area contributed by atoms with Crippen LogP contribution < -0.4 is 15.4 Å². The van der Waals surface area contributed by atoms with Gasteiger partial charge in [-0.25, -0.2) is 23.1 Å². The summed E-state index contributed by atoms with van der Waals surface area (Å²) in [5.74, 6) is -4.60. The zero-order valence-corrected chi connectivity index (χ0v) is 14.0. The number of carbonyl (C=O) groups is 1. The Balaban J connectivity index is 1.78. The van der Waals surface area contributed by atoms with Crippen molar-refractivity contribution in [2.75, 3.05) is 17.7 Å². The summed E-state index contributed by atoms with van der Waals surface area (Å²) in [6.45, 7) is 0. The predicted octanol–water partition coefficient (Wildman–Crippen LogP) is 3.90. The molecule has 0 radical (unpaired) electrons. The summed E-state index contributed by atoms with van der Waals surface area (Å²) in [7, 11) is 1.53. The number of methoxy groups -OCH3 is 1. The number of carbonyl (C=O) groups excluding carboxylic acids is 1. The van der Waals surface area contributed by atoms with E-state index in [2.05, 4.69) is 20.6 Å². The van der Waals surface area contributed by atoms with Gasteiger partial charge in [-0.15, -0.1) is 0 Å². The second-order valence-electron chi connectivity index (χ2n) is 5.30. The smallest absolute Gasteiger partial charge is 0.274 e. The Morgan fingerprint density at radius 2 is 1.89 bits per heavy atom. The summed E-state index contributed by atoms with van der Waals surface area (Å²) < 4.78 is 45.0. The van der Waals surface area contributed by atoms with E-state index in [1.54, 1.807) is 24.3 Å². The molecule has 1 aromatic heterocycles. The molecule has 0 bridgehead atoms. The largest absolute Gasteiger partial charge is 0.497 e. The molecule has 0 aliphatic heterocycles. The fourth-order valence-electron chi connectivity index (χ4n) is 2.18. The molecule has 1 heterocycles. The molecule has 2 N–H and O–H groups in total. The monoisotopic (exact) mass is 374 g/mol. The van der Waals surface area contributed by atoms with E-state index in [9.17, 15) is 18.0 Å². The average Bonchev–Trinajstić information content (AvgIpc) is 2.68. The van der Waals surface area contributed by atoms with Gasteiger partial charge in [0.1, 0.15) is 11.4 Å². The number of ether oxygens (including phenoxy) is 1. The zero-order chi connectivity index (χ0) is 19.4. The van der Waals surface area contributed by atoms with Crippen LogP contribution in [0.25, 0.3) is 0 Å². The molecule has 0 fully saturated rings. The van der Waals surface area contributed by atoms with Crippen LogP contribution in [-0.2, 0) is 0 Å². The number of hydrogen-bond donors (Lipinski definition) is 2. The Morgan fingerprint density at radius 3 is 2.67 bits per heavy atom. The first-order chi connectivity index (χ1) is 13.0. The maximum atomic E-state index is 13.7. The summed E-state index contributed by atoms with van der Waals surface area (Å²) >= 11 is 0. The van der Waals surface area contributed by atoms with Gasteiger partial charge >= 0.3 is 0 Å². The van der Waals surface area contributed by atoms with Crippen LogP contribution in [0.4, 0.5) is 30.5 Å². The molecular formula is C18H13F3N4O2. The Bertz CT molecular complexity index is 998. The summed E-state index contributed by atoms with van der Waals surface area (Å²) in [6.07, 6.45) is 1.33. The van der Waals surface area contributed by atoms with Gasteiger partial charge < -0.3 is 15.4 Å². The number of hydrogen-bond acceptors (Lipinski definition) is 5. The van der Waals surface area contributed by atoms with Crippen molar-refractivity contribution in [1.82, 2.24) is 9.97 Å². The first-order valence-electron chi connectivity index (χ1n) is 7.67. The number of amides is 1. The first-order valence-corrected chi connectivity index (χ1v) is 7.67. The van der Waals surface area contributed by atoms with Gasteiger partial charge in [-0.1, -0.05) is 6.07 Å². The van der Waals surface area contributed by atoms with Crippen molar-refractivity contribution in [3.8, 4) is 5.75 Å². The van der Waals surface area contributed by atoms with E-state index in [-0.39, 0.29) is 11.6 Å². The molecule has 2 aromatic carbocycles. The second-order valence-corrected chi connectivity index (χ2v) is 5.30. The van der Waals surface area contributed by atoms with Crippen LogP contribution in [0.3, 0.4) is 0 Å². The SMILES string of the molecule is COc1cccc(Nc2nccc(C(=O)Nc3ccc(F)c(F)c3F)n2)c1. The molecule has 3 aromatic rings. The molecule has 0 saturated heterocycles. The van der Waals surface area contributed by atoms with Crippen molar-refractivity contribution in [2.24, 2.45) is 0 Å². The fourth-order valence-corrected chi connectivity index (χ4v) is 2.18. The molecule has 0 spiro atoms. The van der Waals surface area contributed by atoms with Crippen molar-refractivity contribution >= 4 is 23.2 Å². The highest BCUT2D eigenvalue weighted by Crippen LogP contribution is 2.21. The number of aromatic nitrogens is 2. The van der Waals surface area contributed by atoms with E-state index in [1.807, 2.05) is 0 Å². The maximum absolute atomic E-state index is 13.7. The van der Waals surface area contributed by atoms with Crippen molar-refractivity contribution in [3.05, 3.63) is 71.8 Å². The molecule has 27 heavy (non-hydrogen) atoms. The van der Waals surface area contributed by atoms with Gasteiger partial charge in [0.05, 0.1) is 12.8 Å². The lowest BCUT2D eigenvalue weighted by Gasteiger charge is -2.09. The van der Waals surface area contributed by atoms with Crippen LogP contribution in [0.5, 0.6) is 5.75 Å². The Kier molecular flexibility index (Phi) is 5.20. The third-order valence-electron chi connectivity index (χ3n) is 3.50. The number of nitrogens with zero attached hydrogens (tertiary/aromatic N) is 2. The van der Waals surface area contributed by atoms with Crippen LogP contribution in [0.2, 0.25) is 0 Å². The van der Waals surface area contributed by atoms with Gasteiger partial charge in [-0.3, -0.25) is 4.79 Å². The molecule has 9 heteroatoms. The quantitative estimate of drug-likeness (QED) is 0.663. The van der Waals surface area contributed by atoms with Gasteiger partial charge in [0, 0.05) is 18.0 Å². The van der Waals surface area contributed by atoms with Crippen LogP contribution >= 0.6 is 0 Å². The van der Waals surface area contributed by atoms with Gasteiger partial charge in [0.15, 0.2) is 17.5 Å². The molecule has 3 rings (SSSR count). The molecular weight excluding hydrogens is 361 g/mol. The highest BCUT2D eigenvalue weighted by molar-refractivity contribution is 6.03. The second kappa shape index (κ2) is 7.73. The van der Waals surface area contributed by atoms with Gasteiger partial charge in [-0.05, 0) is 30.3 Å². The molecule has 0 atom stereocenters. The van der Waals surface area contributed by atoms with Crippen LogP contribution in [0.1, 0.15) is 10.5 Å². The van der Waals surface area contributed by atoms with E-state index in [0.29, 0.717) is 17.5 Å². The number of nitrogens with one attached hydrogen (secondary N) is 2. The minimum Gasteiger partial charge on any atom is -0.497 e. The minimum absolute atomic E-state index is 0.0977. The van der Waals surface area contributed by atoms with Crippen molar-refractivity contribution < 1.29 is 22.7 Å². The van der Waals surface area contributed by atoms with Crippen molar-refractivity contribution in [1.29, 1.82) is 0 Å². The normalized spacial score (nSPS) is 10.4. The minimum atomic E-state index is -1.67. The van der Waals surface area contributed by atoms with E-state index < -0.39 is 29.0 Å². The summed E-state index contributed by atoms with van der Waals surface area (Å²) in [4.78, 5) is 20.3. The molecule has 0 unspecified atom stereocenters. The van der Waals surface area contributed by atoms with E-state index in [1.165, 1.54) is 19.4 Å². The first kappa shape index (κ1) is 18.2. The van der Waals surface area contributed by atoms with Crippen LogP contribution in [0, 0.1) is 17.5 Å². The Labute approximate surface area is 152 Å². The lowest BCUT2D eigenvalue weighted by atomic mass is 10.2. The molecule has 6 nitrogen and oxygen atoms in total. The van der Waals surface area contributed by atoms with E-state index >= 15 is 0 Å². The highest BCUT2D eigenvalue weighted by atomic mass is 19.2. The van der Waals surface area contributed by atoms with Gasteiger partial charge in [0.25, 0.3) is 5.91 Å². The average molecular weight is 374 g/mol. The Morgan fingerprint density at radius 1 is 1.07 bits per heavy atom. The third-order valence-corrected chi connectivity index (χ3v) is 3.50. The molecule has 1 amide bonds. The zero-order valence-electron chi connectivity index (χ0n) is 14.0. The van der Waals surface area contributed by atoms with Crippen molar-refractivity contribution in [2.45, 2.75) is 0 Å². The number of benzene rings is 2. The molecule has 138 valence electrons. The maximum Gasteiger partial charge on any atom is 0.274 e. The summed E-state index contributed by atoms with van der Waals surface area (Å²) in [5.41, 5.74) is 0.0258. The number of rotatable bonds is 5. The standard InChI is InChI=1S/C18H13F3N4O2/c1-27-11-4-2-3-10(9-11)23-18-22-8-7-14(25-18)17(26)24-13-6-5-12(19)15(20)16(13)21/h2-9H,1H3,(H,24,26)(H,22,23,25). The highest BCUT2D eigenvalue weighted by Gasteiger charge is 2.17. The van der Waals surface area contributed by atoms with E-state index in [4.69, 9.17) is 4.74 Å². The van der Waals surface area contributed by atoms with Crippen LogP contribution in [0.15, 0.2) is 48.7 Å². The van der Waals surface area contributed by atoms with Crippen molar-refractivity contribution in [3.63, 3.8) is 0 Å². The number of anilines is 3. The fraction of sp³-hybridized carbons (Fsp3) is 0.0556. The third kappa shape index (κ3) is 4.14. The Hall–Kier alpha value is -3.62. The molecule has 0 aliphatic carbocycles. The summed E-state index contributed by atoms with van der Waals surface area (Å²) in [6, 6.07) is 9.88. The predicted molar refractivity (Wildman–Crippen MR) is 92.6 cm³/mol.